The van der Waals surface area contributed by atoms with Crippen molar-refractivity contribution in [3.8, 4) is 5.69 Å². The van der Waals surface area contributed by atoms with Gasteiger partial charge in [0.05, 0.1) is 30.0 Å². The molecule has 2 rings (SSSR count). The van der Waals surface area contributed by atoms with Crippen molar-refractivity contribution in [2.75, 3.05) is 11.9 Å². The maximum absolute atomic E-state index is 4.25. The summed E-state index contributed by atoms with van der Waals surface area (Å²) in [6.07, 6.45) is 8.44. The number of pyridine rings is 1. The van der Waals surface area contributed by atoms with Gasteiger partial charge in [0, 0.05) is 12.7 Å². The SMILES string of the molecule is CCCNc1cnn(-c2cccnc2)c1. The summed E-state index contributed by atoms with van der Waals surface area (Å²) in [5, 5.41) is 7.53. The molecule has 0 atom stereocenters. The van der Waals surface area contributed by atoms with Crippen LogP contribution in [-0.2, 0) is 0 Å². The Morgan fingerprint density at radius 1 is 1.40 bits per heavy atom. The minimum absolute atomic E-state index is 0.971. The first-order valence-corrected chi connectivity index (χ1v) is 5.09. The van der Waals surface area contributed by atoms with E-state index in [1.165, 1.54) is 0 Å². The summed E-state index contributed by atoms with van der Waals surface area (Å²) in [5.41, 5.74) is 2.02. The second kappa shape index (κ2) is 4.59. The van der Waals surface area contributed by atoms with Crippen LogP contribution in [0.25, 0.3) is 5.69 Å². The van der Waals surface area contributed by atoms with Crippen molar-refractivity contribution in [3.63, 3.8) is 0 Å². The molecule has 0 radical (unpaired) electrons. The first-order chi connectivity index (χ1) is 7.40. The molecule has 1 N–H and O–H groups in total. The summed E-state index contributed by atoms with van der Waals surface area (Å²) < 4.78 is 1.81. The van der Waals surface area contributed by atoms with Crippen molar-refractivity contribution >= 4 is 5.69 Å². The fourth-order valence-electron chi connectivity index (χ4n) is 1.31. The van der Waals surface area contributed by atoms with E-state index in [4.69, 9.17) is 0 Å². The van der Waals surface area contributed by atoms with Gasteiger partial charge in [-0.25, -0.2) is 4.68 Å². The average molecular weight is 202 g/mol. The van der Waals surface area contributed by atoms with Crippen LogP contribution in [0.3, 0.4) is 0 Å². The zero-order chi connectivity index (χ0) is 10.5. The molecule has 4 nitrogen and oxygen atoms in total. The first kappa shape index (κ1) is 9.71. The van der Waals surface area contributed by atoms with E-state index in [1.807, 2.05) is 29.2 Å². The smallest absolute Gasteiger partial charge is 0.0829 e. The summed E-state index contributed by atoms with van der Waals surface area (Å²) in [5.74, 6) is 0. The highest BCUT2D eigenvalue weighted by Gasteiger charge is 1.98. The topological polar surface area (TPSA) is 42.7 Å². The van der Waals surface area contributed by atoms with Crippen LogP contribution < -0.4 is 5.32 Å². The van der Waals surface area contributed by atoms with Crippen molar-refractivity contribution in [2.24, 2.45) is 0 Å². The Morgan fingerprint density at radius 2 is 2.33 bits per heavy atom. The van der Waals surface area contributed by atoms with Crippen LogP contribution in [0, 0.1) is 0 Å². The first-order valence-electron chi connectivity index (χ1n) is 5.09. The standard InChI is InChI=1S/C11H14N4/c1-2-5-13-10-7-14-15(9-10)11-4-3-6-12-8-11/h3-4,6-9,13H,2,5H2,1H3. The van der Waals surface area contributed by atoms with E-state index in [1.54, 1.807) is 12.4 Å². The molecule has 0 unspecified atom stereocenters. The quantitative estimate of drug-likeness (QED) is 0.825. The lowest BCUT2D eigenvalue weighted by molar-refractivity contribution is 0.874. The molecule has 0 saturated carbocycles. The van der Waals surface area contributed by atoms with E-state index in [0.717, 1.165) is 24.3 Å². The summed E-state index contributed by atoms with van der Waals surface area (Å²) >= 11 is 0. The van der Waals surface area contributed by atoms with E-state index >= 15 is 0 Å². The average Bonchev–Trinajstić information content (AvgIpc) is 2.76. The van der Waals surface area contributed by atoms with E-state index < -0.39 is 0 Å². The number of hydrogen-bond acceptors (Lipinski definition) is 3. The van der Waals surface area contributed by atoms with Crippen LogP contribution in [0.5, 0.6) is 0 Å². The largest absolute Gasteiger partial charge is 0.383 e. The molecular formula is C11H14N4. The minimum atomic E-state index is 0.971. The monoisotopic (exact) mass is 202 g/mol. The van der Waals surface area contributed by atoms with Gasteiger partial charge in [0.25, 0.3) is 0 Å². The fraction of sp³-hybridized carbons (Fsp3) is 0.273. The van der Waals surface area contributed by atoms with Gasteiger partial charge in [0.1, 0.15) is 0 Å². The number of aromatic nitrogens is 3. The van der Waals surface area contributed by atoms with Gasteiger partial charge in [-0.3, -0.25) is 4.98 Å². The predicted octanol–water partition coefficient (Wildman–Crippen LogP) is 2.09. The van der Waals surface area contributed by atoms with Gasteiger partial charge in [-0.15, -0.1) is 0 Å². The highest BCUT2D eigenvalue weighted by atomic mass is 15.3. The lowest BCUT2D eigenvalue weighted by atomic mass is 10.4. The second-order valence-corrected chi connectivity index (χ2v) is 3.31. The number of hydrogen-bond donors (Lipinski definition) is 1. The molecular weight excluding hydrogens is 188 g/mol. The Kier molecular flexibility index (Phi) is 2.97. The van der Waals surface area contributed by atoms with Gasteiger partial charge in [-0.2, -0.15) is 5.10 Å². The van der Waals surface area contributed by atoms with Crippen LogP contribution in [0.15, 0.2) is 36.9 Å². The predicted molar refractivity (Wildman–Crippen MR) is 60.1 cm³/mol. The third-order valence-electron chi connectivity index (χ3n) is 2.07. The molecule has 2 aromatic rings. The highest BCUT2D eigenvalue weighted by Crippen LogP contribution is 2.09. The molecule has 0 aromatic carbocycles. The Morgan fingerprint density at radius 3 is 3.07 bits per heavy atom. The maximum atomic E-state index is 4.25. The number of anilines is 1. The lowest BCUT2D eigenvalue weighted by Gasteiger charge is -2.00. The van der Waals surface area contributed by atoms with Crippen LogP contribution in [0.2, 0.25) is 0 Å². The van der Waals surface area contributed by atoms with Crippen molar-refractivity contribution in [1.29, 1.82) is 0 Å². The molecule has 0 spiro atoms. The number of rotatable bonds is 4. The molecule has 2 aromatic heterocycles. The van der Waals surface area contributed by atoms with Gasteiger partial charge < -0.3 is 5.32 Å². The fourth-order valence-corrected chi connectivity index (χ4v) is 1.31. The molecule has 2 heterocycles. The minimum Gasteiger partial charge on any atom is -0.383 e. The molecule has 0 fully saturated rings. The van der Waals surface area contributed by atoms with Gasteiger partial charge in [-0.1, -0.05) is 6.92 Å². The van der Waals surface area contributed by atoms with Crippen molar-refractivity contribution < 1.29 is 0 Å². The maximum Gasteiger partial charge on any atom is 0.0829 e. The van der Waals surface area contributed by atoms with E-state index in [9.17, 15) is 0 Å². The molecule has 0 aliphatic carbocycles. The molecule has 78 valence electrons. The molecule has 0 aliphatic rings. The zero-order valence-corrected chi connectivity index (χ0v) is 8.72. The molecule has 0 amide bonds. The van der Waals surface area contributed by atoms with Crippen molar-refractivity contribution in [2.45, 2.75) is 13.3 Å². The number of nitrogens with one attached hydrogen (secondary N) is 1. The van der Waals surface area contributed by atoms with E-state index in [0.29, 0.717) is 0 Å². The summed E-state index contributed by atoms with van der Waals surface area (Å²) in [6.45, 7) is 3.11. The second-order valence-electron chi connectivity index (χ2n) is 3.31. The molecule has 0 saturated heterocycles. The van der Waals surface area contributed by atoms with Crippen LogP contribution in [-0.4, -0.2) is 21.3 Å². The molecule has 15 heavy (non-hydrogen) atoms. The van der Waals surface area contributed by atoms with E-state index in [2.05, 4.69) is 22.3 Å². The van der Waals surface area contributed by atoms with Crippen LogP contribution in [0.1, 0.15) is 13.3 Å². The normalized spacial score (nSPS) is 10.2. The Balaban J connectivity index is 2.14. The molecule has 0 aliphatic heterocycles. The lowest BCUT2D eigenvalue weighted by Crippen LogP contribution is -1.98. The van der Waals surface area contributed by atoms with Crippen molar-refractivity contribution in [1.82, 2.24) is 14.8 Å². The van der Waals surface area contributed by atoms with Crippen molar-refractivity contribution in [3.05, 3.63) is 36.9 Å². The van der Waals surface area contributed by atoms with Gasteiger partial charge in [-0.05, 0) is 18.6 Å². The zero-order valence-electron chi connectivity index (χ0n) is 8.72. The molecule has 0 bridgehead atoms. The third-order valence-corrected chi connectivity index (χ3v) is 2.07. The van der Waals surface area contributed by atoms with Gasteiger partial charge >= 0.3 is 0 Å². The Bertz CT molecular complexity index is 408. The third kappa shape index (κ3) is 2.34. The summed E-state index contributed by atoms with van der Waals surface area (Å²) in [6, 6.07) is 3.87. The molecule has 4 heteroatoms. The Hall–Kier alpha value is -1.84. The summed E-state index contributed by atoms with van der Waals surface area (Å²) in [7, 11) is 0. The summed E-state index contributed by atoms with van der Waals surface area (Å²) in [4.78, 5) is 4.05. The Labute approximate surface area is 89.0 Å². The van der Waals surface area contributed by atoms with Gasteiger partial charge in [0.2, 0.25) is 0 Å². The van der Waals surface area contributed by atoms with Crippen LogP contribution in [0.4, 0.5) is 5.69 Å². The number of nitrogens with zero attached hydrogens (tertiary/aromatic N) is 3. The van der Waals surface area contributed by atoms with E-state index in [-0.39, 0.29) is 0 Å². The van der Waals surface area contributed by atoms with Crippen LogP contribution >= 0.6 is 0 Å². The highest BCUT2D eigenvalue weighted by molar-refractivity contribution is 5.41. The van der Waals surface area contributed by atoms with Gasteiger partial charge in [0.15, 0.2) is 0 Å².